The highest BCUT2D eigenvalue weighted by molar-refractivity contribution is 6.21. The molecule has 130 valence electrons. The lowest BCUT2D eigenvalue weighted by Gasteiger charge is -2.11. The summed E-state index contributed by atoms with van der Waals surface area (Å²) in [4.78, 5) is 18.3. The Balaban J connectivity index is 2.03. The molecule has 3 rings (SSSR count). The van der Waals surface area contributed by atoms with Crippen molar-refractivity contribution in [1.82, 2.24) is 14.5 Å². The summed E-state index contributed by atoms with van der Waals surface area (Å²) in [7, 11) is 4.00. The van der Waals surface area contributed by atoms with Gasteiger partial charge < -0.3 is 15.3 Å². The van der Waals surface area contributed by atoms with Crippen LogP contribution in [0.5, 0.6) is 0 Å². The monoisotopic (exact) mass is 339 g/mol. The maximum atomic E-state index is 11.6. The number of aliphatic hydroxyl groups excluding tert-OH is 1. The molecule has 25 heavy (non-hydrogen) atoms. The number of aromatic nitrogens is 2. The second-order valence-corrected chi connectivity index (χ2v) is 6.13. The standard InChI is InChI=1S/C18H21N5O2/c1-12-15(24)8-7-13(17(12)25)20-16-14-6-4-5-10-23(14)21-18(16)19-9-11-22(2)3/h4-8,10,25H,9,11H2,1-3H3,(H,19,21)/b20-13+. The van der Waals surface area contributed by atoms with Gasteiger partial charge in [0.1, 0.15) is 17.2 Å². The SMILES string of the molecule is CC1=C(O)/C(=N/c2c(NCCN(C)C)nn3ccccc23)C=CC1=O. The maximum Gasteiger partial charge on any atom is 0.185 e. The van der Waals surface area contributed by atoms with Gasteiger partial charge in [-0.15, -0.1) is 5.10 Å². The van der Waals surface area contributed by atoms with Gasteiger partial charge in [-0.3, -0.25) is 4.79 Å². The molecule has 2 heterocycles. The lowest BCUT2D eigenvalue weighted by molar-refractivity contribution is -0.111. The van der Waals surface area contributed by atoms with Gasteiger partial charge >= 0.3 is 0 Å². The summed E-state index contributed by atoms with van der Waals surface area (Å²) in [5, 5.41) is 18.1. The van der Waals surface area contributed by atoms with Gasteiger partial charge in [-0.05, 0) is 45.3 Å². The number of anilines is 1. The zero-order valence-electron chi connectivity index (χ0n) is 14.5. The Morgan fingerprint density at radius 1 is 1.32 bits per heavy atom. The quantitative estimate of drug-likeness (QED) is 0.817. The van der Waals surface area contributed by atoms with Crippen LogP contribution in [0.1, 0.15) is 6.92 Å². The highest BCUT2D eigenvalue weighted by Crippen LogP contribution is 2.31. The van der Waals surface area contributed by atoms with Crippen LogP contribution >= 0.6 is 0 Å². The summed E-state index contributed by atoms with van der Waals surface area (Å²) in [5.74, 6) is 0.332. The first-order valence-corrected chi connectivity index (χ1v) is 8.04. The lowest BCUT2D eigenvalue weighted by Crippen LogP contribution is -2.21. The van der Waals surface area contributed by atoms with Crippen molar-refractivity contribution in [3.05, 3.63) is 47.9 Å². The number of pyridine rings is 1. The van der Waals surface area contributed by atoms with Gasteiger partial charge in [-0.25, -0.2) is 9.51 Å². The molecule has 1 aliphatic carbocycles. The third-order valence-corrected chi connectivity index (χ3v) is 3.96. The minimum Gasteiger partial charge on any atom is -0.505 e. The molecule has 0 saturated heterocycles. The number of hydrogen-bond donors (Lipinski definition) is 2. The molecule has 7 heteroatoms. The number of nitrogens with one attached hydrogen (secondary N) is 1. The van der Waals surface area contributed by atoms with Crippen molar-refractivity contribution in [3.63, 3.8) is 0 Å². The summed E-state index contributed by atoms with van der Waals surface area (Å²) in [6, 6.07) is 5.71. The van der Waals surface area contributed by atoms with E-state index in [0.717, 1.165) is 12.1 Å². The first kappa shape index (κ1) is 16.9. The topological polar surface area (TPSA) is 82.2 Å². The molecule has 0 aliphatic heterocycles. The van der Waals surface area contributed by atoms with Crippen LogP contribution < -0.4 is 5.32 Å². The molecule has 0 amide bonds. The van der Waals surface area contributed by atoms with Crippen LogP contribution in [-0.4, -0.2) is 58.3 Å². The second-order valence-electron chi connectivity index (χ2n) is 6.13. The number of carbonyl (C=O) groups is 1. The number of rotatable bonds is 5. The molecular weight excluding hydrogens is 318 g/mol. The molecule has 7 nitrogen and oxygen atoms in total. The molecule has 0 unspecified atom stereocenters. The molecule has 2 aromatic heterocycles. The predicted octanol–water partition coefficient (Wildman–Crippen LogP) is 2.35. The second kappa shape index (κ2) is 6.90. The van der Waals surface area contributed by atoms with E-state index in [4.69, 9.17) is 0 Å². The van der Waals surface area contributed by atoms with Gasteiger partial charge in [0, 0.05) is 24.9 Å². The fourth-order valence-corrected chi connectivity index (χ4v) is 2.49. The van der Waals surface area contributed by atoms with Crippen molar-refractivity contribution in [2.45, 2.75) is 6.92 Å². The van der Waals surface area contributed by atoms with Crippen LogP contribution in [0.25, 0.3) is 5.52 Å². The molecule has 0 bridgehead atoms. The smallest absolute Gasteiger partial charge is 0.185 e. The number of allylic oxidation sites excluding steroid dienone is 3. The highest BCUT2D eigenvalue weighted by Gasteiger charge is 2.19. The number of likely N-dealkylation sites (N-methyl/N-ethyl adjacent to an activating group) is 1. The van der Waals surface area contributed by atoms with E-state index in [1.54, 1.807) is 11.4 Å². The van der Waals surface area contributed by atoms with E-state index in [0.29, 0.717) is 29.3 Å². The summed E-state index contributed by atoms with van der Waals surface area (Å²) in [6.45, 7) is 3.15. The Labute approximate surface area is 146 Å². The largest absolute Gasteiger partial charge is 0.505 e. The van der Waals surface area contributed by atoms with Crippen molar-refractivity contribution in [3.8, 4) is 0 Å². The predicted molar refractivity (Wildman–Crippen MR) is 98.8 cm³/mol. The summed E-state index contributed by atoms with van der Waals surface area (Å²) in [6.07, 6.45) is 4.79. The fraction of sp³-hybridized carbons (Fsp3) is 0.278. The minimum absolute atomic E-state index is 0.0953. The average Bonchev–Trinajstić information content (AvgIpc) is 2.93. The van der Waals surface area contributed by atoms with Crippen LogP contribution in [0.3, 0.4) is 0 Å². The minimum atomic E-state index is -0.208. The van der Waals surface area contributed by atoms with Crippen molar-refractivity contribution in [2.24, 2.45) is 4.99 Å². The number of ketones is 1. The number of aliphatic hydroxyl groups is 1. The Morgan fingerprint density at radius 3 is 2.88 bits per heavy atom. The molecule has 0 fully saturated rings. The molecule has 2 N–H and O–H groups in total. The van der Waals surface area contributed by atoms with Gasteiger partial charge in [-0.1, -0.05) is 6.07 Å². The normalized spacial score (nSPS) is 16.5. The van der Waals surface area contributed by atoms with Crippen LogP contribution in [0.4, 0.5) is 11.5 Å². The number of nitrogens with zero attached hydrogens (tertiary/aromatic N) is 4. The van der Waals surface area contributed by atoms with Gasteiger partial charge in [0.2, 0.25) is 0 Å². The van der Waals surface area contributed by atoms with Crippen molar-refractivity contribution in [1.29, 1.82) is 0 Å². The summed E-state index contributed by atoms with van der Waals surface area (Å²) >= 11 is 0. The number of hydrogen-bond acceptors (Lipinski definition) is 6. The summed E-state index contributed by atoms with van der Waals surface area (Å²) < 4.78 is 1.74. The molecular formula is C18H21N5O2. The first-order chi connectivity index (χ1) is 12.0. The van der Waals surface area contributed by atoms with Gasteiger partial charge in [0.15, 0.2) is 11.6 Å². The molecule has 0 radical (unpaired) electrons. The first-order valence-electron chi connectivity index (χ1n) is 8.04. The van der Waals surface area contributed by atoms with Crippen LogP contribution in [0, 0.1) is 0 Å². The maximum absolute atomic E-state index is 11.6. The Morgan fingerprint density at radius 2 is 2.12 bits per heavy atom. The van der Waals surface area contributed by atoms with E-state index < -0.39 is 0 Å². The molecule has 2 aromatic rings. The van der Waals surface area contributed by atoms with Crippen molar-refractivity contribution < 1.29 is 9.90 Å². The lowest BCUT2D eigenvalue weighted by atomic mass is 10.0. The zero-order chi connectivity index (χ0) is 18.0. The van der Waals surface area contributed by atoms with Crippen molar-refractivity contribution >= 4 is 28.5 Å². The average molecular weight is 339 g/mol. The summed E-state index contributed by atoms with van der Waals surface area (Å²) in [5.41, 5.74) is 2.09. The molecule has 0 atom stereocenters. The number of carbonyl (C=O) groups excluding carboxylic acids is 1. The van der Waals surface area contributed by atoms with Crippen LogP contribution in [0.2, 0.25) is 0 Å². The Hall–Kier alpha value is -2.93. The number of fused-ring (bicyclic) bond motifs is 1. The van der Waals surface area contributed by atoms with Crippen LogP contribution in [0.15, 0.2) is 52.9 Å². The molecule has 0 aromatic carbocycles. The van der Waals surface area contributed by atoms with E-state index in [2.05, 4.69) is 20.3 Å². The molecule has 1 aliphatic rings. The third-order valence-electron chi connectivity index (χ3n) is 3.96. The number of aliphatic imine (C=N–C) groups is 1. The third kappa shape index (κ3) is 3.46. The van der Waals surface area contributed by atoms with E-state index in [1.807, 2.05) is 38.5 Å². The Kier molecular flexibility index (Phi) is 4.67. The van der Waals surface area contributed by atoms with Gasteiger partial charge in [0.25, 0.3) is 0 Å². The Bertz CT molecular complexity index is 905. The molecule has 0 saturated carbocycles. The highest BCUT2D eigenvalue weighted by atomic mass is 16.3. The zero-order valence-corrected chi connectivity index (χ0v) is 14.5. The van der Waals surface area contributed by atoms with E-state index >= 15 is 0 Å². The van der Waals surface area contributed by atoms with Crippen LogP contribution in [-0.2, 0) is 4.79 Å². The fourth-order valence-electron chi connectivity index (χ4n) is 2.49. The van der Waals surface area contributed by atoms with Crippen molar-refractivity contribution in [2.75, 3.05) is 32.5 Å². The van der Waals surface area contributed by atoms with E-state index in [-0.39, 0.29) is 11.5 Å². The van der Waals surface area contributed by atoms with Gasteiger partial charge in [0.05, 0.1) is 5.52 Å². The van der Waals surface area contributed by atoms with Gasteiger partial charge in [-0.2, -0.15) is 0 Å². The van der Waals surface area contributed by atoms with E-state index in [9.17, 15) is 9.90 Å². The molecule has 0 spiro atoms. The van der Waals surface area contributed by atoms with E-state index in [1.165, 1.54) is 12.2 Å².